The molecule has 0 radical (unpaired) electrons. The van der Waals surface area contributed by atoms with E-state index in [0.29, 0.717) is 0 Å². The summed E-state index contributed by atoms with van der Waals surface area (Å²) in [6.07, 6.45) is 4.07. The molecule has 0 atom stereocenters. The number of rotatable bonds is 2. The van der Waals surface area contributed by atoms with E-state index in [-0.39, 0.29) is 5.60 Å². The van der Waals surface area contributed by atoms with Gasteiger partial charge in [-0.25, -0.2) is 0 Å². The Morgan fingerprint density at radius 3 is 2.20 bits per heavy atom. The van der Waals surface area contributed by atoms with Crippen molar-refractivity contribution < 1.29 is 9.47 Å². The fourth-order valence-corrected chi connectivity index (χ4v) is 1.76. The fraction of sp³-hybridized carbons (Fsp3) is 1.00. The molecule has 0 aromatic carbocycles. The van der Waals surface area contributed by atoms with Gasteiger partial charge in [-0.1, -0.05) is 6.42 Å². The summed E-state index contributed by atoms with van der Waals surface area (Å²) in [5.41, 5.74) is 0.137. The predicted octanol–water partition coefficient (Wildman–Crippen LogP) is 1.20. The topological polar surface area (TPSA) is 18.5 Å². The molecular formula is C8H14O2. The summed E-state index contributed by atoms with van der Waals surface area (Å²) < 4.78 is 10.6. The second-order valence-corrected chi connectivity index (χ2v) is 3.39. The van der Waals surface area contributed by atoms with E-state index in [9.17, 15) is 0 Å². The molecule has 0 bridgehead atoms. The van der Waals surface area contributed by atoms with Gasteiger partial charge in [0.05, 0.1) is 13.2 Å². The van der Waals surface area contributed by atoms with E-state index in [1.165, 1.54) is 19.3 Å². The van der Waals surface area contributed by atoms with Crippen LogP contribution in [0, 0.1) is 5.92 Å². The van der Waals surface area contributed by atoms with Crippen molar-refractivity contribution in [3.8, 4) is 0 Å². The summed E-state index contributed by atoms with van der Waals surface area (Å²) in [5.74, 6) is 0.797. The molecule has 2 nitrogen and oxygen atoms in total. The largest absolute Gasteiger partial charge is 0.375 e. The first-order valence-corrected chi connectivity index (χ1v) is 4.00. The highest BCUT2D eigenvalue weighted by atomic mass is 16.6. The lowest BCUT2D eigenvalue weighted by atomic mass is 9.71. The van der Waals surface area contributed by atoms with E-state index in [1.54, 1.807) is 7.11 Å². The summed E-state index contributed by atoms with van der Waals surface area (Å²) in [7, 11) is 1.81. The maximum atomic E-state index is 5.45. The van der Waals surface area contributed by atoms with Crippen LogP contribution < -0.4 is 0 Å². The Labute approximate surface area is 61.5 Å². The van der Waals surface area contributed by atoms with Crippen molar-refractivity contribution in [1.82, 2.24) is 0 Å². The minimum atomic E-state index is 0.137. The summed E-state index contributed by atoms with van der Waals surface area (Å²) in [6.45, 7) is 1.66. The number of methoxy groups -OCH3 is 1. The smallest absolute Gasteiger partial charge is 0.117 e. The summed E-state index contributed by atoms with van der Waals surface area (Å²) in [6, 6.07) is 0. The van der Waals surface area contributed by atoms with E-state index in [4.69, 9.17) is 9.47 Å². The lowest BCUT2D eigenvalue weighted by molar-refractivity contribution is -0.235. The number of hydrogen-bond acceptors (Lipinski definition) is 2. The third kappa shape index (κ3) is 0.722. The van der Waals surface area contributed by atoms with Crippen LogP contribution in [-0.4, -0.2) is 25.9 Å². The maximum Gasteiger partial charge on any atom is 0.117 e. The molecule has 0 unspecified atom stereocenters. The molecule has 0 N–H and O–H groups in total. The Morgan fingerprint density at radius 2 is 2.10 bits per heavy atom. The van der Waals surface area contributed by atoms with Gasteiger partial charge in [0, 0.05) is 7.11 Å². The van der Waals surface area contributed by atoms with Crippen LogP contribution in [0.3, 0.4) is 0 Å². The molecule has 1 aliphatic heterocycles. The van der Waals surface area contributed by atoms with Gasteiger partial charge in [-0.3, -0.25) is 0 Å². The van der Waals surface area contributed by atoms with Crippen molar-refractivity contribution in [2.45, 2.75) is 24.9 Å². The van der Waals surface area contributed by atoms with Crippen molar-refractivity contribution in [3.05, 3.63) is 0 Å². The van der Waals surface area contributed by atoms with Gasteiger partial charge in [-0.2, -0.15) is 0 Å². The van der Waals surface area contributed by atoms with Gasteiger partial charge in [-0.15, -0.1) is 0 Å². The molecule has 0 spiro atoms. The molecule has 1 aliphatic carbocycles. The molecule has 2 rings (SSSR count). The number of hydrogen-bond donors (Lipinski definition) is 0. The van der Waals surface area contributed by atoms with E-state index in [0.717, 1.165) is 19.1 Å². The van der Waals surface area contributed by atoms with Crippen LogP contribution in [0.1, 0.15) is 19.3 Å². The highest BCUT2D eigenvalue weighted by molar-refractivity contribution is 4.97. The van der Waals surface area contributed by atoms with Gasteiger partial charge in [-0.05, 0) is 18.8 Å². The average Bonchev–Trinajstić information content (AvgIpc) is 1.73. The molecular weight excluding hydrogens is 128 g/mol. The first-order chi connectivity index (χ1) is 4.87. The lowest BCUT2D eigenvalue weighted by Gasteiger charge is -2.49. The Morgan fingerprint density at radius 1 is 1.40 bits per heavy atom. The van der Waals surface area contributed by atoms with Crippen LogP contribution in [0.15, 0.2) is 0 Å². The van der Waals surface area contributed by atoms with Crippen LogP contribution in [0.4, 0.5) is 0 Å². The maximum absolute atomic E-state index is 5.45. The predicted molar refractivity (Wildman–Crippen MR) is 37.9 cm³/mol. The quantitative estimate of drug-likeness (QED) is 0.576. The Balaban J connectivity index is 1.96. The number of ether oxygens (including phenoxy) is 2. The molecule has 0 amide bonds. The first kappa shape index (κ1) is 6.62. The van der Waals surface area contributed by atoms with Crippen molar-refractivity contribution in [2.75, 3.05) is 20.3 Å². The average molecular weight is 142 g/mol. The molecule has 2 aliphatic rings. The Hall–Kier alpha value is -0.0800. The zero-order chi connectivity index (χ0) is 7.03. The van der Waals surface area contributed by atoms with Crippen LogP contribution in [-0.2, 0) is 9.47 Å². The highest BCUT2D eigenvalue weighted by Crippen LogP contribution is 2.42. The summed E-state index contributed by atoms with van der Waals surface area (Å²) in [5, 5.41) is 0. The van der Waals surface area contributed by atoms with Gasteiger partial charge >= 0.3 is 0 Å². The van der Waals surface area contributed by atoms with E-state index in [2.05, 4.69) is 0 Å². The molecule has 2 heteroatoms. The normalized spacial score (nSPS) is 30.9. The van der Waals surface area contributed by atoms with E-state index < -0.39 is 0 Å². The second-order valence-electron chi connectivity index (χ2n) is 3.39. The van der Waals surface area contributed by atoms with Gasteiger partial charge in [0.2, 0.25) is 0 Å². The van der Waals surface area contributed by atoms with Gasteiger partial charge in [0.1, 0.15) is 5.60 Å². The highest BCUT2D eigenvalue weighted by Gasteiger charge is 2.48. The van der Waals surface area contributed by atoms with Gasteiger partial charge in [0.25, 0.3) is 0 Å². The Kier molecular flexibility index (Phi) is 1.46. The first-order valence-electron chi connectivity index (χ1n) is 4.00. The van der Waals surface area contributed by atoms with E-state index >= 15 is 0 Å². The molecule has 2 fully saturated rings. The third-order valence-corrected chi connectivity index (χ3v) is 2.95. The summed E-state index contributed by atoms with van der Waals surface area (Å²) in [4.78, 5) is 0. The molecule has 0 aromatic rings. The van der Waals surface area contributed by atoms with Gasteiger partial charge < -0.3 is 9.47 Å². The van der Waals surface area contributed by atoms with Crippen LogP contribution in [0.2, 0.25) is 0 Å². The van der Waals surface area contributed by atoms with Crippen molar-refractivity contribution in [2.24, 2.45) is 5.92 Å². The van der Waals surface area contributed by atoms with Crippen LogP contribution in [0.25, 0.3) is 0 Å². The van der Waals surface area contributed by atoms with Gasteiger partial charge in [0.15, 0.2) is 0 Å². The van der Waals surface area contributed by atoms with Crippen molar-refractivity contribution in [1.29, 1.82) is 0 Å². The minimum Gasteiger partial charge on any atom is -0.375 e. The second kappa shape index (κ2) is 2.21. The molecule has 0 aromatic heterocycles. The molecule has 1 heterocycles. The standard InChI is InChI=1S/C8H14O2/c1-9-8(5-10-6-8)7-3-2-4-7/h7H,2-6H2,1H3. The molecule has 10 heavy (non-hydrogen) atoms. The molecule has 1 saturated heterocycles. The van der Waals surface area contributed by atoms with Crippen LogP contribution >= 0.6 is 0 Å². The SMILES string of the molecule is COC1(C2CCC2)COC1. The molecule has 1 saturated carbocycles. The molecule has 58 valence electrons. The zero-order valence-corrected chi connectivity index (χ0v) is 6.43. The Bertz CT molecular complexity index is 120. The van der Waals surface area contributed by atoms with E-state index in [1.807, 2.05) is 0 Å². The van der Waals surface area contributed by atoms with Crippen molar-refractivity contribution >= 4 is 0 Å². The van der Waals surface area contributed by atoms with Crippen molar-refractivity contribution in [3.63, 3.8) is 0 Å². The minimum absolute atomic E-state index is 0.137. The lowest BCUT2D eigenvalue weighted by Crippen LogP contribution is -2.58. The summed E-state index contributed by atoms with van der Waals surface area (Å²) >= 11 is 0. The third-order valence-electron chi connectivity index (χ3n) is 2.95. The zero-order valence-electron chi connectivity index (χ0n) is 6.43. The fourth-order valence-electron chi connectivity index (χ4n) is 1.76. The monoisotopic (exact) mass is 142 g/mol. The van der Waals surface area contributed by atoms with Crippen LogP contribution in [0.5, 0.6) is 0 Å².